The van der Waals surface area contributed by atoms with E-state index in [0.717, 1.165) is 11.1 Å². The Bertz CT molecular complexity index is 590. The maximum Gasteiger partial charge on any atom is 0.410 e. The fourth-order valence-corrected chi connectivity index (χ4v) is 2.34. The Hall–Kier alpha value is -2.04. The molecule has 1 amide bonds. The molecule has 1 aromatic carbocycles. The summed E-state index contributed by atoms with van der Waals surface area (Å²) in [6.07, 6.45) is 2.23. The molecule has 0 saturated heterocycles. The molecule has 0 fully saturated rings. The largest absolute Gasteiger partial charge is 0.496 e. The van der Waals surface area contributed by atoms with E-state index in [4.69, 9.17) is 9.47 Å². The number of hydrogen-bond acceptors (Lipinski definition) is 3. The third-order valence-electron chi connectivity index (χ3n) is 3.37. The molecule has 0 aliphatic carbocycles. The third-order valence-corrected chi connectivity index (χ3v) is 3.37. The number of ether oxygens (including phenoxy) is 2. The zero-order valence-electron chi connectivity index (χ0n) is 13.5. The SMILES string of the molecule is COc1ccc(F)cc1C1=CCN(C(=O)OC(C)(C)C)CC1. The minimum Gasteiger partial charge on any atom is -0.496 e. The van der Waals surface area contributed by atoms with Crippen molar-refractivity contribution in [3.05, 3.63) is 35.7 Å². The summed E-state index contributed by atoms with van der Waals surface area (Å²) in [5.74, 6) is 0.338. The summed E-state index contributed by atoms with van der Waals surface area (Å²) in [6, 6.07) is 4.46. The van der Waals surface area contributed by atoms with Crippen LogP contribution in [-0.4, -0.2) is 36.8 Å². The zero-order chi connectivity index (χ0) is 16.3. The maximum absolute atomic E-state index is 13.5. The third kappa shape index (κ3) is 4.00. The highest BCUT2D eigenvalue weighted by molar-refractivity contribution is 5.75. The van der Waals surface area contributed by atoms with Crippen molar-refractivity contribution < 1.29 is 18.7 Å². The van der Waals surface area contributed by atoms with E-state index in [1.807, 2.05) is 26.8 Å². The average Bonchev–Trinajstić information content (AvgIpc) is 2.45. The lowest BCUT2D eigenvalue weighted by Gasteiger charge is -2.29. The summed E-state index contributed by atoms with van der Waals surface area (Å²) in [4.78, 5) is 13.7. The van der Waals surface area contributed by atoms with Gasteiger partial charge in [0.25, 0.3) is 0 Å². The first-order valence-corrected chi connectivity index (χ1v) is 7.31. The standard InChI is InChI=1S/C17H22FNO3/c1-17(2,3)22-16(20)19-9-7-12(8-10-19)14-11-13(18)5-6-15(14)21-4/h5-7,11H,8-10H2,1-4H3. The molecular weight excluding hydrogens is 285 g/mol. The summed E-state index contributed by atoms with van der Waals surface area (Å²) >= 11 is 0. The van der Waals surface area contributed by atoms with Gasteiger partial charge in [-0.3, -0.25) is 0 Å². The van der Waals surface area contributed by atoms with Crippen LogP contribution >= 0.6 is 0 Å². The number of carbonyl (C=O) groups is 1. The summed E-state index contributed by atoms with van der Waals surface area (Å²) in [6.45, 7) is 6.51. The number of amides is 1. The predicted octanol–water partition coefficient (Wildman–Crippen LogP) is 3.86. The highest BCUT2D eigenvalue weighted by Crippen LogP contribution is 2.31. The highest BCUT2D eigenvalue weighted by Gasteiger charge is 2.24. The molecule has 1 aliphatic heterocycles. The van der Waals surface area contributed by atoms with Crippen molar-refractivity contribution in [3.8, 4) is 5.75 Å². The molecule has 0 spiro atoms. The molecule has 1 aromatic rings. The first kappa shape index (κ1) is 16.3. The van der Waals surface area contributed by atoms with Crippen molar-refractivity contribution in [1.29, 1.82) is 0 Å². The molecule has 1 heterocycles. The molecule has 0 atom stereocenters. The number of hydrogen-bond donors (Lipinski definition) is 0. The van der Waals surface area contributed by atoms with Crippen molar-refractivity contribution in [2.24, 2.45) is 0 Å². The smallest absolute Gasteiger partial charge is 0.410 e. The molecule has 1 aliphatic rings. The maximum atomic E-state index is 13.5. The molecule has 120 valence electrons. The van der Waals surface area contributed by atoms with Gasteiger partial charge in [-0.15, -0.1) is 0 Å². The van der Waals surface area contributed by atoms with Gasteiger partial charge in [0.15, 0.2) is 0 Å². The van der Waals surface area contributed by atoms with Gasteiger partial charge in [0, 0.05) is 18.7 Å². The Morgan fingerprint density at radius 2 is 2.05 bits per heavy atom. The zero-order valence-corrected chi connectivity index (χ0v) is 13.5. The number of halogens is 1. The van der Waals surface area contributed by atoms with Crippen LogP contribution in [-0.2, 0) is 4.74 Å². The van der Waals surface area contributed by atoms with Gasteiger partial charge in [0.2, 0.25) is 0 Å². The van der Waals surface area contributed by atoms with Crippen molar-refractivity contribution in [2.45, 2.75) is 32.8 Å². The Morgan fingerprint density at radius 3 is 2.59 bits per heavy atom. The van der Waals surface area contributed by atoms with Crippen LogP contribution in [0.15, 0.2) is 24.3 Å². The summed E-state index contributed by atoms with van der Waals surface area (Å²) < 4.78 is 24.1. The number of rotatable bonds is 2. The van der Waals surface area contributed by atoms with Crippen LogP contribution in [0.3, 0.4) is 0 Å². The van der Waals surface area contributed by atoms with E-state index in [0.29, 0.717) is 25.3 Å². The molecule has 0 unspecified atom stereocenters. The quantitative estimate of drug-likeness (QED) is 0.833. The van der Waals surface area contributed by atoms with E-state index in [1.165, 1.54) is 12.1 Å². The second-order valence-corrected chi connectivity index (χ2v) is 6.25. The minimum absolute atomic E-state index is 0.300. The van der Waals surface area contributed by atoms with Crippen LogP contribution in [0, 0.1) is 5.82 Å². The molecule has 22 heavy (non-hydrogen) atoms. The Morgan fingerprint density at radius 1 is 1.32 bits per heavy atom. The normalized spacial score (nSPS) is 15.3. The van der Waals surface area contributed by atoms with E-state index < -0.39 is 5.60 Å². The van der Waals surface area contributed by atoms with E-state index >= 15 is 0 Å². The predicted molar refractivity (Wildman–Crippen MR) is 83.4 cm³/mol. The molecule has 4 nitrogen and oxygen atoms in total. The van der Waals surface area contributed by atoms with Crippen LogP contribution in [0.1, 0.15) is 32.8 Å². The monoisotopic (exact) mass is 307 g/mol. The fraction of sp³-hybridized carbons (Fsp3) is 0.471. The summed E-state index contributed by atoms with van der Waals surface area (Å²) in [5, 5.41) is 0. The molecule has 2 rings (SSSR count). The summed E-state index contributed by atoms with van der Waals surface area (Å²) in [5.41, 5.74) is 1.22. The van der Waals surface area contributed by atoms with Crippen molar-refractivity contribution in [3.63, 3.8) is 0 Å². The van der Waals surface area contributed by atoms with Gasteiger partial charge in [-0.2, -0.15) is 0 Å². The van der Waals surface area contributed by atoms with Gasteiger partial charge in [-0.25, -0.2) is 9.18 Å². The van der Waals surface area contributed by atoms with Gasteiger partial charge in [-0.05, 0) is 51.0 Å². The van der Waals surface area contributed by atoms with Crippen LogP contribution in [0.5, 0.6) is 5.75 Å². The molecule has 0 bridgehead atoms. The van der Waals surface area contributed by atoms with Crippen LogP contribution < -0.4 is 4.74 Å². The lowest BCUT2D eigenvalue weighted by atomic mass is 9.98. The van der Waals surface area contributed by atoms with Gasteiger partial charge in [0.05, 0.1) is 7.11 Å². The van der Waals surface area contributed by atoms with E-state index in [-0.39, 0.29) is 11.9 Å². The first-order chi connectivity index (χ1) is 10.3. The average molecular weight is 307 g/mol. The Kier molecular flexibility index (Phi) is 4.74. The van der Waals surface area contributed by atoms with Gasteiger partial charge >= 0.3 is 6.09 Å². The van der Waals surface area contributed by atoms with Gasteiger partial charge in [0.1, 0.15) is 17.2 Å². The second kappa shape index (κ2) is 6.38. The lowest BCUT2D eigenvalue weighted by molar-refractivity contribution is 0.0270. The molecule has 5 heteroatoms. The second-order valence-electron chi connectivity index (χ2n) is 6.25. The van der Waals surface area contributed by atoms with Crippen LogP contribution in [0.25, 0.3) is 5.57 Å². The van der Waals surface area contributed by atoms with Crippen LogP contribution in [0.2, 0.25) is 0 Å². The number of methoxy groups -OCH3 is 1. The Balaban J connectivity index is 2.12. The molecule has 0 aromatic heterocycles. The van der Waals surface area contributed by atoms with E-state index in [9.17, 15) is 9.18 Å². The van der Waals surface area contributed by atoms with Gasteiger partial charge in [-0.1, -0.05) is 6.08 Å². The fourth-order valence-electron chi connectivity index (χ4n) is 2.34. The highest BCUT2D eigenvalue weighted by atomic mass is 19.1. The molecule has 0 radical (unpaired) electrons. The van der Waals surface area contributed by atoms with E-state index in [2.05, 4.69) is 0 Å². The van der Waals surface area contributed by atoms with E-state index in [1.54, 1.807) is 18.1 Å². The topological polar surface area (TPSA) is 38.8 Å². The van der Waals surface area contributed by atoms with Crippen molar-refractivity contribution >= 4 is 11.7 Å². The molecule has 0 saturated carbocycles. The van der Waals surface area contributed by atoms with Crippen LogP contribution in [0.4, 0.5) is 9.18 Å². The van der Waals surface area contributed by atoms with Crippen molar-refractivity contribution in [1.82, 2.24) is 4.90 Å². The van der Waals surface area contributed by atoms with Gasteiger partial charge < -0.3 is 14.4 Å². The first-order valence-electron chi connectivity index (χ1n) is 7.31. The number of nitrogens with zero attached hydrogens (tertiary/aromatic N) is 1. The summed E-state index contributed by atoms with van der Waals surface area (Å²) in [7, 11) is 1.56. The molecule has 0 N–H and O–H groups in total. The Labute approximate surface area is 130 Å². The number of benzene rings is 1. The minimum atomic E-state index is -0.507. The molecular formula is C17H22FNO3. The van der Waals surface area contributed by atoms with Crippen molar-refractivity contribution in [2.75, 3.05) is 20.2 Å². The number of carbonyl (C=O) groups excluding carboxylic acids is 1. The lowest BCUT2D eigenvalue weighted by Crippen LogP contribution is -2.39.